The van der Waals surface area contributed by atoms with Crippen LogP contribution >= 0.6 is 59.6 Å². The molecule has 0 aliphatic heterocycles. The Labute approximate surface area is 214 Å². The van der Waals surface area contributed by atoms with Gasteiger partial charge in [0.25, 0.3) is 0 Å². The summed E-state index contributed by atoms with van der Waals surface area (Å²) in [6.07, 6.45) is 3.43. The number of anilines is 1. The highest BCUT2D eigenvalue weighted by Gasteiger charge is 2.18. The number of rotatable bonds is 6. The van der Waals surface area contributed by atoms with Crippen LogP contribution in [-0.2, 0) is 4.79 Å². The third kappa shape index (κ3) is 5.31. The summed E-state index contributed by atoms with van der Waals surface area (Å²) in [6.45, 7) is 1.99. The van der Waals surface area contributed by atoms with Gasteiger partial charge in [-0.05, 0) is 92.9 Å². The molecule has 0 saturated carbocycles. The predicted octanol–water partition coefficient (Wildman–Crippen LogP) is 6.66. The second-order valence-electron chi connectivity index (χ2n) is 6.79. The van der Waals surface area contributed by atoms with Crippen LogP contribution in [0.2, 0.25) is 0 Å². The SMILES string of the molecule is Cc1cc(Br)c(NC(=O)CSc2nnc(-c3ccncc3)n2-c2ccc(Br)cc2)c(Br)c1. The first kappa shape index (κ1) is 23.2. The molecule has 0 saturated heterocycles. The van der Waals surface area contributed by atoms with Crippen LogP contribution in [0.5, 0.6) is 0 Å². The maximum absolute atomic E-state index is 12.7. The number of aromatic nitrogens is 4. The quantitative estimate of drug-likeness (QED) is 0.240. The maximum atomic E-state index is 12.7. The molecule has 1 N–H and O–H groups in total. The van der Waals surface area contributed by atoms with E-state index in [0.29, 0.717) is 16.7 Å². The van der Waals surface area contributed by atoms with Crippen LogP contribution in [0.25, 0.3) is 17.1 Å². The summed E-state index contributed by atoms with van der Waals surface area (Å²) in [5.41, 5.74) is 3.58. The van der Waals surface area contributed by atoms with Gasteiger partial charge in [0.1, 0.15) is 0 Å². The van der Waals surface area contributed by atoms with Crippen LogP contribution in [0.15, 0.2) is 79.5 Å². The lowest BCUT2D eigenvalue weighted by atomic mass is 10.2. The van der Waals surface area contributed by atoms with Gasteiger partial charge in [0.15, 0.2) is 11.0 Å². The Morgan fingerprint density at radius 3 is 2.31 bits per heavy atom. The number of benzene rings is 2. The number of hydrogen-bond donors (Lipinski definition) is 1. The van der Waals surface area contributed by atoms with Crippen molar-refractivity contribution in [3.8, 4) is 17.1 Å². The van der Waals surface area contributed by atoms with Crippen molar-refractivity contribution in [1.29, 1.82) is 0 Å². The molecule has 10 heteroatoms. The Morgan fingerprint density at radius 1 is 1.00 bits per heavy atom. The number of nitrogens with one attached hydrogen (secondary N) is 1. The number of hydrogen-bond acceptors (Lipinski definition) is 5. The van der Waals surface area contributed by atoms with Gasteiger partial charge in [0.2, 0.25) is 5.91 Å². The van der Waals surface area contributed by atoms with Crippen molar-refractivity contribution < 1.29 is 4.79 Å². The third-order valence-corrected chi connectivity index (χ3v) is 7.15. The van der Waals surface area contributed by atoms with E-state index in [1.807, 2.05) is 60.0 Å². The zero-order chi connectivity index (χ0) is 22.7. The van der Waals surface area contributed by atoms with Gasteiger partial charge in [-0.25, -0.2) is 0 Å². The van der Waals surface area contributed by atoms with E-state index in [0.717, 1.165) is 30.2 Å². The lowest BCUT2D eigenvalue weighted by Crippen LogP contribution is -2.15. The van der Waals surface area contributed by atoms with E-state index >= 15 is 0 Å². The number of amides is 1. The molecule has 32 heavy (non-hydrogen) atoms. The Hall–Kier alpha value is -2.01. The lowest BCUT2D eigenvalue weighted by molar-refractivity contribution is -0.113. The summed E-state index contributed by atoms with van der Waals surface area (Å²) in [6, 6.07) is 15.5. The number of halogens is 3. The van der Waals surface area contributed by atoms with Crippen molar-refractivity contribution in [2.24, 2.45) is 0 Å². The van der Waals surface area contributed by atoms with Gasteiger partial charge in [-0.15, -0.1) is 10.2 Å². The van der Waals surface area contributed by atoms with E-state index in [9.17, 15) is 4.79 Å². The molecule has 162 valence electrons. The van der Waals surface area contributed by atoms with E-state index in [4.69, 9.17) is 0 Å². The van der Waals surface area contributed by atoms with E-state index in [-0.39, 0.29) is 11.7 Å². The van der Waals surface area contributed by atoms with E-state index < -0.39 is 0 Å². The minimum atomic E-state index is -0.143. The topological polar surface area (TPSA) is 72.7 Å². The zero-order valence-corrected chi connectivity index (χ0v) is 22.3. The highest BCUT2D eigenvalue weighted by atomic mass is 79.9. The Kier molecular flexibility index (Phi) is 7.44. The van der Waals surface area contributed by atoms with Crippen molar-refractivity contribution in [2.45, 2.75) is 12.1 Å². The highest BCUT2D eigenvalue weighted by Crippen LogP contribution is 2.33. The van der Waals surface area contributed by atoms with Crippen LogP contribution in [-0.4, -0.2) is 31.4 Å². The smallest absolute Gasteiger partial charge is 0.234 e. The average Bonchev–Trinajstić information content (AvgIpc) is 3.20. The van der Waals surface area contributed by atoms with Crippen molar-refractivity contribution in [2.75, 3.05) is 11.1 Å². The Balaban J connectivity index is 1.59. The van der Waals surface area contributed by atoms with Crippen molar-refractivity contribution in [3.63, 3.8) is 0 Å². The molecule has 2 aromatic heterocycles. The van der Waals surface area contributed by atoms with E-state index in [1.165, 1.54) is 11.8 Å². The molecule has 0 radical (unpaired) electrons. The number of pyridine rings is 1. The molecule has 0 fully saturated rings. The zero-order valence-electron chi connectivity index (χ0n) is 16.7. The number of nitrogens with zero attached hydrogens (tertiary/aromatic N) is 4. The number of carbonyl (C=O) groups excluding carboxylic acids is 1. The van der Waals surface area contributed by atoms with Crippen LogP contribution in [0.4, 0.5) is 5.69 Å². The molecule has 4 aromatic rings. The maximum Gasteiger partial charge on any atom is 0.234 e. The molecule has 0 spiro atoms. The first-order chi connectivity index (χ1) is 15.4. The monoisotopic (exact) mass is 635 g/mol. The standard InChI is InChI=1S/C22H16Br3N5OS/c1-13-10-17(24)20(18(25)11-13)27-19(31)12-32-22-29-28-21(14-6-8-26-9-7-14)30(22)16-4-2-15(23)3-5-16/h2-11H,12H2,1H3,(H,27,31). The van der Waals surface area contributed by atoms with Crippen LogP contribution in [0.3, 0.4) is 0 Å². The molecule has 0 bridgehead atoms. The number of carbonyl (C=O) groups is 1. The normalized spacial score (nSPS) is 10.9. The number of aryl methyl sites for hydroxylation is 1. The average molecular weight is 638 g/mol. The highest BCUT2D eigenvalue weighted by molar-refractivity contribution is 9.11. The molecule has 0 aliphatic rings. The van der Waals surface area contributed by atoms with Crippen LogP contribution in [0, 0.1) is 6.92 Å². The molecule has 2 aromatic carbocycles. The second-order valence-corrected chi connectivity index (χ2v) is 10.4. The molecular weight excluding hydrogens is 622 g/mol. The van der Waals surface area contributed by atoms with E-state index in [1.54, 1.807) is 12.4 Å². The van der Waals surface area contributed by atoms with Gasteiger partial charge in [-0.1, -0.05) is 27.7 Å². The fourth-order valence-corrected chi connectivity index (χ4v) is 5.63. The van der Waals surface area contributed by atoms with Gasteiger partial charge in [-0.3, -0.25) is 14.3 Å². The summed E-state index contributed by atoms with van der Waals surface area (Å²) >= 11 is 11.8. The fourth-order valence-electron chi connectivity index (χ4n) is 3.00. The summed E-state index contributed by atoms with van der Waals surface area (Å²) in [5, 5.41) is 12.3. The number of thioether (sulfide) groups is 1. The Morgan fingerprint density at radius 2 is 1.66 bits per heavy atom. The molecular formula is C22H16Br3N5OS. The first-order valence-corrected chi connectivity index (χ1v) is 12.8. The van der Waals surface area contributed by atoms with Crippen molar-refractivity contribution in [3.05, 3.63) is 79.9 Å². The minimum absolute atomic E-state index is 0.143. The van der Waals surface area contributed by atoms with Gasteiger partial charge in [-0.2, -0.15) is 0 Å². The second kappa shape index (κ2) is 10.3. The van der Waals surface area contributed by atoms with Gasteiger partial charge in [0.05, 0.1) is 11.4 Å². The van der Waals surface area contributed by atoms with Gasteiger partial charge >= 0.3 is 0 Å². The van der Waals surface area contributed by atoms with Crippen LogP contribution in [0.1, 0.15) is 5.56 Å². The van der Waals surface area contributed by atoms with Gasteiger partial charge < -0.3 is 5.32 Å². The molecule has 0 aliphatic carbocycles. The first-order valence-electron chi connectivity index (χ1n) is 9.42. The lowest BCUT2D eigenvalue weighted by Gasteiger charge is -2.12. The third-order valence-electron chi connectivity index (χ3n) is 4.44. The summed E-state index contributed by atoms with van der Waals surface area (Å²) < 4.78 is 4.56. The van der Waals surface area contributed by atoms with E-state index in [2.05, 4.69) is 68.3 Å². The van der Waals surface area contributed by atoms with Gasteiger partial charge in [0, 0.05) is 37.1 Å². The summed E-state index contributed by atoms with van der Waals surface area (Å²) in [4.78, 5) is 16.8. The molecule has 0 unspecified atom stereocenters. The molecule has 1 amide bonds. The molecule has 2 heterocycles. The van der Waals surface area contributed by atoms with Crippen molar-refractivity contribution in [1.82, 2.24) is 19.7 Å². The largest absolute Gasteiger partial charge is 0.323 e. The molecule has 4 rings (SSSR count). The fraction of sp³-hybridized carbons (Fsp3) is 0.0909. The predicted molar refractivity (Wildman–Crippen MR) is 138 cm³/mol. The molecule has 0 atom stereocenters. The van der Waals surface area contributed by atoms with Crippen molar-refractivity contribution >= 4 is 71.1 Å². The van der Waals surface area contributed by atoms with Crippen LogP contribution < -0.4 is 5.32 Å². The Bertz CT molecular complexity index is 1240. The summed E-state index contributed by atoms with van der Waals surface area (Å²) in [5.74, 6) is 0.718. The summed E-state index contributed by atoms with van der Waals surface area (Å²) in [7, 11) is 0. The molecule has 6 nitrogen and oxygen atoms in total. The minimum Gasteiger partial charge on any atom is -0.323 e.